The van der Waals surface area contributed by atoms with Crippen LogP contribution in [0.1, 0.15) is 72.1 Å². The molecular formula is C21H40N2. The van der Waals surface area contributed by atoms with Gasteiger partial charge in [-0.2, -0.15) is 0 Å². The molecule has 0 aromatic carbocycles. The van der Waals surface area contributed by atoms with Gasteiger partial charge in [-0.25, -0.2) is 0 Å². The maximum atomic E-state index is 3.86. The maximum absolute atomic E-state index is 3.86. The Kier molecular flexibility index (Phi) is 19.3. The Bertz CT molecular complexity index is 329. The van der Waals surface area contributed by atoms with Gasteiger partial charge in [0, 0.05) is 24.5 Å². The summed E-state index contributed by atoms with van der Waals surface area (Å²) in [6.07, 6.45) is 12.1. The molecule has 2 N–H and O–H groups in total. The number of allylic oxidation sites excluding steroid dienone is 2. The van der Waals surface area contributed by atoms with E-state index in [1.54, 1.807) is 6.08 Å². The first kappa shape index (κ1) is 23.8. The van der Waals surface area contributed by atoms with Crippen molar-refractivity contribution in [2.24, 2.45) is 0 Å². The number of nitrogens with one attached hydrogen (secondary N) is 2. The summed E-state index contributed by atoms with van der Waals surface area (Å²) in [5.74, 6) is 0. The van der Waals surface area contributed by atoms with Gasteiger partial charge in [0.05, 0.1) is 0 Å². The van der Waals surface area contributed by atoms with Gasteiger partial charge in [0.15, 0.2) is 0 Å². The van der Waals surface area contributed by atoms with Crippen LogP contribution in [0.4, 0.5) is 0 Å². The average Bonchev–Trinajstić information content (AvgIpc) is 2.54. The van der Waals surface area contributed by atoms with Gasteiger partial charge in [-0.3, -0.25) is 0 Å². The molecule has 0 aliphatic rings. The van der Waals surface area contributed by atoms with Crippen molar-refractivity contribution < 1.29 is 0 Å². The molecule has 0 radical (unpaired) electrons. The second kappa shape index (κ2) is 18.6. The van der Waals surface area contributed by atoms with Crippen LogP contribution in [0.25, 0.3) is 0 Å². The minimum atomic E-state index is 0.932. The van der Waals surface area contributed by atoms with Crippen molar-refractivity contribution in [2.75, 3.05) is 13.1 Å². The van der Waals surface area contributed by atoms with Crippen LogP contribution in [0.15, 0.2) is 49.4 Å². The van der Waals surface area contributed by atoms with E-state index >= 15 is 0 Å². The molecule has 0 atom stereocenters. The maximum Gasteiger partial charge on any atom is 0.0290 e. The fourth-order valence-electron chi connectivity index (χ4n) is 1.81. The van der Waals surface area contributed by atoms with Gasteiger partial charge < -0.3 is 10.6 Å². The van der Waals surface area contributed by atoms with Crippen LogP contribution in [-0.2, 0) is 0 Å². The SMILES string of the molecule is C=C(C)C(=C)NCCCCCC.C=CC(=C)NCCCCCC. The van der Waals surface area contributed by atoms with E-state index in [0.717, 1.165) is 30.1 Å². The van der Waals surface area contributed by atoms with Crippen LogP contribution in [-0.4, -0.2) is 13.1 Å². The van der Waals surface area contributed by atoms with Crippen LogP contribution in [0.5, 0.6) is 0 Å². The minimum Gasteiger partial charge on any atom is -0.386 e. The van der Waals surface area contributed by atoms with Gasteiger partial charge in [0.1, 0.15) is 0 Å². The molecule has 2 heteroatoms. The molecule has 0 heterocycles. The van der Waals surface area contributed by atoms with Crippen LogP contribution in [0.2, 0.25) is 0 Å². The summed E-state index contributed by atoms with van der Waals surface area (Å²) in [4.78, 5) is 0. The van der Waals surface area contributed by atoms with Gasteiger partial charge in [0.25, 0.3) is 0 Å². The highest BCUT2D eigenvalue weighted by Crippen LogP contribution is 2.01. The van der Waals surface area contributed by atoms with E-state index in [1.807, 2.05) is 6.92 Å². The van der Waals surface area contributed by atoms with E-state index in [2.05, 4.69) is 50.8 Å². The van der Waals surface area contributed by atoms with Crippen molar-refractivity contribution >= 4 is 0 Å². The zero-order valence-electron chi connectivity index (χ0n) is 16.0. The third-order valence-corrected chi connectivity index (χ3v) is 3.51. The number of rotatable bonds is 14. The molecule has 0 bridgehead atoms. The Labute approximate surface area is 145 Å². The average molecular weight is 321 g/mol. The Morgan fingerprint density at radius 2 is 1.26 bits per heavy atom. The van der Waals surface area contributed by atoms with Crippen LogP contribution in [0, 0.1) is 0 Å². The van der Waals surface area contributed by atoms with Gasteiger partial charge in [-0.15, -0.1) is 0 Å². The summed E-state index contributed by atoms with van der Waals surface area (Å²) in [5, 5.41) is 6.43. The molecule has 134 valence electrons. The lowest BCUT2D eigenvalue weighted by atomic mass is 10.2. The highest BCUT2D eigenvalue weighted by Gasteiger charge is 1.92. The fourth-order valence-corrected chi connectivity index (χ4v) is 1.81. The first-order valence-electron chi connectivity index (χ1n) is 9.13. The fraction of sp³-hybridized carbons (Fsp3) is 0.619. The Balaban J connectivity index is 0. The standard InChI is InChI=1S/C11H21N.C10H19N/c1-5-6-7-8-9-12-11(4)10(2)3;1-4-6-7-8-9-11-10(3)5-2/h12H,2,4-9H2,1,3H3;5,11H,2-4,6-9H2,1H3. The summed E-state index contributed by atoms with van der Waals surface area (Å²) < 4.78 is 0. The highest BCUT2D eigenvalue weighted by molar-refractivity contribution is 5.20. The molecular weight excluding hydrogens is 280 g/mol. The van der Waals surface area contributed by atoms with Gasteiger partial charge in [-0.1, -0.05) is 78.7 Å². The number of hydrogen-bond donors (Lipinski definition) is 2. The Morgan fingerprint density at radius 3 is 1.65 bits per heavy atom. The lowest BCUT2D eigenvalue weighted by Crippen LogP contribution is -2.14. The van der Waals surface area contributed by atoms with E-state index in [9.17, 15) is 0 Å². The van der Waals surface area contributed by atoms with E-state index in [-0.39, 0.29) is 0 Å². The topological polar surface area (TPSA) is 24.1 Å². The van der Waals surface area contributed by atoms with Crippen LogP contribution < -0.4 is 10.6 Å². The highest BCUT2D eigenvalue weighted by atomic mass is 14.9. The molecule has 0 spiro atoms. The molecule has 0 aliphatic heterocycles. The Hall–Kier alpha value is -1.44. The quantitative estimate of drug-likeness (QED) is 0.298. The number of unbranched alkanes of at least 4 members (excludes halogenated alkanes) is 6. The molecule has 0 saturated heterocycles. The lowest BCUT2D eigenvalue weighted by molar-refractivity contribution is 0.638. The van der Waals surface area contributed by atoms with Crippen LogP contribution in [0.3, 0.4) is 0 Å². The summed E-state index contributed by atoms with van der Waals surface area (Å²) in [5.41, 5.74) is 2.94. The van der Waals surface area contributed by atoms with Crippen molar-refractivity contribution in [3.8, 4) is 0 Å². The van der Waals surface area contributed by atoms with Gasteiger partial charge >= 0.3 is 0 Å². The van der Waals surface area contributed by atoms with E-state index < -0.39 is 0 Å². The van der Waals surface area contributed by atoms with E-state index in [1.165, 1.54) is 51.4 Å². The van der Waals surface area contributed by atoms with Crippen molar-refractivity contribution in [3.05, 3.63) is 49.4 Å². The van der Waals surface area contributed by atoms with Crippen molar-refractivity contribution in [2.45, 2.75) is 72.1 Å². The molecule has 0 aromatic heterocycles. The third-order valence-electron chi connectivity index (χ3n) is 3.51. The van der Waals surface area contributed by atoms with Gasteiger partial charge in [0.2, 0.25) is 0 Å². The zero-order valence-corrected chi connectivity index (χ0v) is 16.0. The van der Waals surface area contributed by atoms with Gasteiger partial charge in [-0.05, 0) is 31.4 Å². The molecule has 23 heavy (non-hydrogen) atoms. The monoisotopic (exact) mass is 320 g/mol. The lowest BCUT2D eigenvalue weighted by Gasteiger charge is -2.08. The smallest absolute Gasteiger partial charge is 0.0290 e. The molecule has 0 aliphatic carbocycles. The summed E-state index contributed by atoms with van der Waals surface area (Å²) in [6, 6.07) is 0. The Morgan fingerprint density at radius 1 is 0.783 bits per heavy atom. The third kappa shape index (κ3) is 20.6. The first-order chi connectivity index (χ1) is 11.0. The molecule has 0 aromatic rings. The van der Waals surface area contributed by atoms with E-state index in [0.29, 0.717) is 0 Å². The number of hydrogen-bond acceptors (Lipinski definition) is 2. The first-order valence-corrected chi connectivity index (χ1v) is 9.13. The van der Waals surface area contributed by atoms with Crippen LogP contribution >= 0.6 is 0 Å². The molecule has 0 unspecified atom stereocenters. The molecule has 0 amide bonds. The molecule has 0 fully saturated rings. The predicted molar refractivity (Wildman–Crippen MR) is 108 cm³/mol. The van der Waals surface area contributed by atoms with Crippen molar-refractivity contribution in [1.82, 2.24) is 10.6 Å². The molecule has 0 rings (SSSR count). The summed E-state index contributed by atoms with van der Waals surface area (Å²) in [7, 11) is 0. The predicted octanol–water partition coefficient (Wildman–Crippen LogP) is 6.10. The normalized spacial score (nSPS) is 9.35. The largest absolute Gasteiger partial charge is 0.386 e. The zero-order chi connectivity index (χ0) is 17.9. The molecule has 0 saturated carbocycles. The summed E-state index contributed by atoms with van der Waals surface area (Å²) >= 11 is 0. The van der Waals surface area contributed by atoms with Crippen molar-refractivity contribution in [3.63, 3.8) is 0 Å². The second-order valence-corrected chi connectivity index (χ2v) is 5.96. The second-order valence-electron chi connectivity index (χ2n) is 5.96. The van der Waals surface area contributed by atoms with E-state index in [4.69, 9.17) is 0 Å². The minimum absolute atomic E-state index is 0.932. The molecule has 2 nitrogen and oxygen atoms in total. The summed E-state index contributed by atoms with van der Waals surface area (Å²) in [6.45, 7) is 23.5. The van der Waals surface area contributed by atoms with Crippen molar-refractivity contribution in [1.29, 1.82) is 0 Å².